The Morgan fingerprint density at radius 1 is 1.33 bits per heavy atom. The molecule has 0 saturated heterocycles. The van der Waals surface area contributed by atoms with Gasteiger partial charge in [-0.05, 0) is 37.6 Å². The van der Waals surface area contributed by atoms with E-state index >= 15 is 0 Å². The molecule has 1 fully saturated rings. The molecule has 100 valence electrons. The number of benzene rings is 1. The number of ether oxygens (including phenoxy) is 2. The molecule has 2 rings (SSSR count). The highest BCUT2D eigenvalue weighted by molar-refractivity contribution is 5.36. The first-order valence-corrected chi connectivity index (χ1v) is 6.65. The number of rotatable bonds is 5. The van der Waals surface area contributed by atoms with Crippen LogP contribution in [0, 0.1) is 13.8 Å². The molecule has 3 heteroatoms. The molecule has 0 heterocycles. The molecule has 1 aliphatic rings. The van der Waals surface area contributed by atoms with E-state index in [0.29, 0.717) is 6.04 Å². The summed E-state index contributed by atoms with van der Waals surface area (Å²) in [6.45, 7) is 7.26. The van der Waals surface area contributed by atoms with Crippen LogP contribution in [0.2, 0.25) is 0 Å². The van der Waals surface area contributed by atoms with Gasteiger partial charge in [0.1, 0.15) is 18.0 Å². The lowest BCUT2D eigenvalue weighted by molar-refractivity contribution is -0.0886. The molecule has 0 bridgehead atoms. The Bertz CT molecular complexity index is 405. The Morgan fingerprint density at radius 2 is 2.11 bits per heavy atom. The van der Waals surface area contributed by atoms with Crippen molar-refractivity contribution in [3.63, 3.8) is 0 Å². The molecule has 0 spiro atoms. The van der Waals surface area contributed by atoms with Crippen LogP contribution in [0.4, 0.5) is 0 Å². The summed E-state index contributed by atoms with van der Waals surface area (Å²) >= 11 is 0. The molecule has 1 aromatic carbocycles. The summed E-state index contributed by atoms with van der Waals surface area (Å²) in [5.41, 5.74) is 2.41. The number of aryl methyl sites for hydroxylation is 2. The van der Waals surface area contributed by atoms with Crippen LogP contribution in [0.1, 0.15) is 24.5 Å². The number of hydrogen-bond donors (Lipinski definition) is 1. The van der Waals surface area contributed by atoms with Crippen molar-refractivity contribution in [2.45, 2.75) is 45.4 Å². The SMILES string of the molecule is CCNC1CC(Oc2cc(C)ccc2C)C1OC. The number of hydrogen-bond acceptors (Lipinski definition) is 3. The van der Waals surface area contributed by atoms with Crippen LogP contribution >= 0.6 is 0 Å². The fourth-order valence-corrected chi connectivity index (χ4v) is 2.47. The summed E-state index contributed by atoms with van der Waals surface area (Å²) in [5.74, 6) is 0.983. The quantitative estimate of drug-likeness (QED) is 0.869. The minimum Gasteiger partial charge on any atom is -0.487 e. The third-order valence-corrected chi connectivity index (χ3v) is 3.61. The lowest BCUT2D eigenvalue weighted by Crippen LogP contribution is -2.60. The largest absolute Gasteiger partial charge is 0.487 e. The van der Waals surface area contributed by atoms with Gasteiger partial charge in [-0.3, -0.25) is 0 Å². The fourth-order valence-electron chi connectivity index (χ4n) is 2.47. The molecule has 3 unspecified atom stereocenters. The van der Waals surface area contributed by atoms with Gasteiger partial charge < -0.3 is 14.8 Å². The van der Waals surface area contributed by atoms with Crippen molar-refractivity contribution in [1.29, 1.82) is 0 Å². The highest BCUT2D eigenvalue weighted by atomic mass is 16.5. The van der Waals surface area contributed by atoms with Crippen molar-refractivity contribution < 1.29 is 9.47 Å². The van der Waals surface area contributed by atoms with Crippen LogP contribution in [0.5, 0.6) is 5.75 Å². The summed E-state index contributed by atoms with van der Waals surface area (Å²) in [5, 5.41) is 3.42. The molecule has 1 N–H and O–H groups in total. The van der Waals surface area contributed by atoms with E-state index in [2.05, 4.69) is 44.3 Å². The van der Waals surface area contributed by atoms with Gasteiger partial charge in [-0.15, -0.1) is 0 Å². The van der Waals surface area contributed by atoms with E-state index in [-0.39, 0.29) is 12.2 Å². The summed E-state index contributed by atoms with van der Waals surface area (Å²) < 4.78 is 11.6. The van der Waals surface area contributed by atoms with Gasteiger partial charge in [-0.25, -0.2) is 0 Å². The lowest BCUT2D eigenvalue weighted by atomic mass is 9.85. The Hall–Kier alpha value is -1.06. The molecule has 3 nitrogen and oxygen atoms in total. The maximum atomic E-state index is 6.08. The first kappa shape index (κ1) is 13.4. The van der Waals surface area contributed by atoms with Gasteiger partial charge in [0.2, 0.25) is 0 Å². The molecular weight excluding hydrogens is 226 g/mol. The maximum Gasteiger partial charge on any atom is 0.128 e. The Balaban J connectivity index is 2.00. The predicted molar refractivity (Wildman–Crippen MR) is 73.2 cm³/mol. The van der Waals surface area contributed by atoms with Crippen LogP contribution in [-0.2, 0) is 4.74 Å². The molecule has 0 aliphatic heterocycles. The molecule has 1 saturated carbocycles. The highest BCUT2D eigenvalue weighted by Gasteiger charge is 2.42. The van der Waals surface area contributed by atoms with Crippen molar-refractivity contribution in [3.05, 3.63) is 29.3 Å². The van der Waals surface area contributed by atoms with E-state index in [9.17, 15) is 0 Å². The molecule has 0 amide bonds. The third kappa shape index (κ3) is 2.68. The van der Waals surface area contributed by atoms with Crippen molar-refractivity contribution in [2.75, 3.05) is 13.7 Å². The van der Waals surface area contributed by atoms with Gasteiger partial charge in [-0.2, -0.15) is 0 Å². The number of likely N-dealkylation sites (N-methyl/N-ethyl adjacent to an activating group) is 1. The molecule has 18 heavy (non-hydrogen) atoms. The smallest absolute Gasteiger partial charge is 0.128 e. The zero-order chi connectivity index (χ0) is 13.1. The Labute approximate surface area is 109 Å². The van der Waals surface area contributed by atoms with E-state index in [4.69, 9.17) is 9.47 Å². The standard InChI is InChI=1S/C15H23NO2/c1-5-16-12-9-14(15(12)17-4)18-13-8-10(2)6-7-11(13)3/h6-8,12,14-16H,5,9H2,1-4H3. The van der Waals surface area contributed by atoms with Crippen molar-refractivity contribution in [3.8, 4) is 5.75 Å². The molecular formula is C15H23NO2. The second-order valence-electron chi connectivity index (χ2n) is 5.03. The highest BCUT2D eigenvalue weighted by Crippen LogP contribution is 2.30. The minimum absolute atomic E-state index is 0.157. The lowest BCUT2D eigenvalue weighted by Gasteiger charge is -2.43. The molecule has 0 aromatic heterocycles. The van der Waals surface area contributed by atoms with E-state index < -0.39 is 0 Å². The summed E-state index contributed by atoms with van der Waals surface area (Å²) in [7, 11) is 1.76. The van der Waals surface area contributed by atoms with Crippen molar-refractivity contribution >= 4 is 0 Å². The average Bonchev–Trinajstić information content (AvgIpc) is 2.32. The monoisotopic (exact) mass is 249 g/mol. The summed E-state index contributed by atoms with van der Waals surface area (Å²) in [4.78, 5) is 0. The third-order valence-electron chi connectivity index (χ3n) is 3.61. The second kappa shape index (κ2) is 5.72. The molecule has 1 aromatic rings. The average molecular weight is 249 g/mol. The van der Waals surface area contributed by atoms with Crippen LogP contribution in [0.15, 0.2) is 18.2 Å². The topological polar surface area (TPSA) is 30.5 Å². The normalized spacial score (nSPS) is 26.8. The molecule has 0 radical (unpaired) electrons. The summed E-state index contributed by atoms with van der Waals surface area (Å²) in [6.07, 6.45) is 1.34. The maximum absolute atomic E-state index is 6.08. The number of nitrogens with one attached hydrogen (secondary N) is 1. The van der Waals surface area contributed by atoms with Gasteiger partial charge in [0.05, 0.1) is 0 Å². The Morgan fingerprint density at radius 3 is 2.78 bits per heavy atom. The summed E-state index contributed by atoms with van der Waals surface area (Å²) in [6, 6.07) is 6.74. The molecule has 3 atom stereocenters. The van der Waals surface area contributed by atoms with Gasteiger partial charge in [-0.1, -0.05) is 19.1 Å². The van der Waals surface area contributed by atoms with E-state index in [1.165, 1.54) is 11.1 Å². The molecule has 1 aliphatic carbocycles. The number of methoxy groups -OCH3 is 1. The first-order chi connectivity index (χ1) is 8.65. The fraction of sp³-hybridized carbons (Fsp3) is 0.600. The van der Waals surface area contributed by atoms with Gasteiger partial charge >= 0.3 is 0 Å². The van der Waals surface area contributed by atoms with Crippen LogP contribution < -0.4 is 10.1 Å². The van der Waals surface area contributed by atoms with Crippen LogP contribution in [-0.4, -0.2) is 31.9 Å². The second-order valence-corrected chi connectivity index (χ2v) is 5.03. The van der Waals surface area contributed by atoms with Crippen LogP contribution in [0.25, 0.3) is 0 Å². The van der Waals surface area contributed by atoms with Gasteiger partial charge in [0.25, 0.3) is 0 Å². The first-order valence-electron chi connectivity index (χ1n) is 6.65. The van der Waals surface area contributed by atoms with Gasteiger partial charge in [0, 0.05) is 19.6 Å². The van der Waals surface area contributed by atoms with Crippen LogP contribution in [0.3, 0.4) is 0 Å². The zero-order valence-electron chi connectivity index (χ0n) is 11.7. The predicted octanol–water partition coefficient (Wildman–Crippen LogP) is 2.45. The van der Waals surface area contributed by atoms with E-state index in [1.807, 2.05) is 0 Å². The zero-order valence-corrected chi connectivity index (χ0v) is 11.7. The Kier molecular flexibility index (Phi) is 4.25. The van der Waals surface area contributed by atoms with E-state index in [1.54, 1.807) is 7.11 Å². The van der Waals surface area contributed by atoms with E-state index in [0.717, 1.165) is 18.7 Å². The van der Waals surface area contributed by atoms with Gasteiger partial charge in [0.15, 0.2) is 0 Å². The minimum atomic E-state index is 0.157. The van der Waals surface area contributed by atoms with Crippen molar-refractivity contribution in [2.24, 2.45) is 0 Å². The van der Waals surface area contributed by atoms with Crippen molar-refractivity contribution in [1.82, 2.24) is 5.32 Å².